The van der Waals surface area contributed by atoms with Gasteiger partial charge in [-0.1, -0.05) is 25.2 Å². The van der Waals surface area contributed by atoms with E-state index in [0.717, 1.165) is 0 Å². The van der Waals surface area contributed by atoms with Crippen molar-refractivity contribution in [3.8, 4) is 0 Å². The zero-order valence-electron chi connectivity index (χ0n) is 10.5. The summed E-state index contributed by atoms with van der Waals surface area (Å²) in [6.45, 7) is 4.55. The second-order valence-electron chi connectivity index (χ2n) is 3.94. The summed E-state index contributed by atoms with van der Waals surface area (Å²) < 4.78 is 5.07. The van der Waals surface area contributed by atoms with E-state index in [4.69, 9.17) is 4.74 Å². The normalized spacial score (nSPS) is 12.5. The predicted octanol–water partition coefficient (Wildman–Crippen LogP) is 0.981. The molecule has 1 unspecified atom stereocenters. The van der Waals surface area contributed by atoms with Crippen LogP contribution >= 0.6 is 11.3 Å². The van der Waals surface area contributed by atoms with Crippen LogP contribution in [0.15, 0.2) is 0 Å². The molecule has 17 heavy (non-hydrogen) atoms. The lowest BCUT2D eigenvalue weighted by molar-refractivity contribution is 0.0865. The van der Waals surface area contributed by atoms with Gasteiger partial charge >= 0.3 is 0 Å². The third-order valence-electron chi connectivity index (χ3n) is 2.30. The van der Waals surface area contributed by atoms with Crippen molar-refractivity contribution in [2.24, 2.45) is 5.92 Å². The Morgan fingerprint density at radius 3 is 2.65 bits per heavy atom. The first-order chi connectivity index (χ1) is 8.08. The number of rotatable bonds is 6. The van der Waals surface area contributed by atoms with E-state index in [0.29, 0.717) is 22.7 Å². The summed E-state index contributed by atoms with van der Waals surface area (Å²) in [6, 6.07) is -0.0190. The van der Waals surface area contributed by atoms with E-state index in [1.165, 1.54) is 11.3 Å². The summed E-state index contributed by atoms with van der Waals surface area (Å²) in [7, 11) is 3.36. The molecule has 1 aromatic rings. The molecule has 2 N–H and O–H groups in total. The Labute approximate surface area is 105 Å². The van der Waals surface area contributed by atoms with Crippen molar-refractivity contribution in [3.63, 3.8) is 0 Å². The Morgan fingerprint density at radius 2 is 2.18 bits per heavy atom. The lowest BCUT2D eigenvalue weighted by Gasteiger charge is -2.20. The van der Waals surface area contributed by atoms with Gasteiger partial charge in [0.2, 0.25) is 10.1 Å². The number of carbonyl (C=O) groups is 1. The van der Waals surface area contributed by atoms with E-state index in [1.807, 2.05) is 13.8 Å². The van der Waals surface area contributed by atoms with Crippen molar-refractivity contribution in [2.75, 3.05) is 26.1 Å². The van der Waals surface area contributed by atoms with Crippen LogP contribution in [0.5, 0.6) is 0 Å². The molecular weight excluding hydrogens is 240 g/mol. The van der Waals surface area contributed by atoms with Crippen LogP contribution in [0.1, 0.15) is 23.6 Å². The monoisotopic (exact) mass is 258 g/mol. The van der Waals surface area contributed by atoms with Gasteiger partial charge in [-0.05, 0) is 5.92 Å². The van der Waals surface area contributed by atoms with Gasteiger partial charge < -0.3 is 15.4 Å². The summed E-state index contributed by atoms with van der Waals surface area (Å²) in [5.74, 6) is 0.0929. The van der Waals surface area contributed by atoms with Crippen LogP contribution in [-0.4, -0.2) is 42.9 Å². The summed E-state index contributed by atoms with van der Waals surface area (Å²) in [4.78, 5) is 11.9. The van der Waals surface area contributed by atoms with Crippen LogP contribution in [0, 0.1) is 5.92 Å². The molecule has 0 saturated heterocycles. The first kappa shape index (κ1) is 13.9. The maximum Gasteiger partial charge on any atom is 0.282 e. The minimum absolute atomic E-state index is 0.0190. The molecule has 7 heteroatoms. The fourth-order valence-electron chi connectivity index (χ4n) is 1.23. The highest BCUT2D eigenvalue weighted by Gasteiger charge is 2.19. The number of hydrogen-bond acceptors (Lipinski definition) is 6. The second kappa shape index (κ2) is 6.51. The number of ether oxygens (including phenoxy) is 1. The molecule has 96 valence electrons. The van der Waals surface area contributed by atoms with Gasteiger partial charge in [0.05, 0.1) is 12.6 Å². The molecule has 1 aromatic heterocycles. The molecule has 0 aliphatic rings. The van der Waals surface area contributed by atoms with Crippen molar-refractivity contribution in [3.05, 3.63) is 5.01 Å². The summed E-state index contributed by atoms with van der Waals surface area (Å²) >= 11 is 1.23. The SMILES string of the molecule is CNc1nnc(C(=O)NC(COC)C(C)C)s1. The third kappa shape index (κ3) is 3.94. The largest absolute Gasteiger partial charge is 0.383 e. The van der Waals surface area contributed by atoms with Gasteiger partial charge in [-0.3, -0.25) is 4.79 Å². The Hall–Kier alpha value is -1.21. The van der Waals surface area contributed by atoms with Crippen molar-refractivity contribution in [2.45, 2.75) is 19.9 Å². The number of aromatic nitrogens is 2. The number of hydrogen-bond donors (Lipinski definition) is 2. The van der Waals surface area contributed by atoms with Crippen LogP contribution in [0.2, 0.25) is 0 Å². The van der Waals surface area contributed by atoms with Gasteiger partial charge in [0.15, 0.2) is 0 Å². The number of nitrogens with one attached hydrogen (secondary N) is 2. The minimum atomic E-state index is -0.209. The highest BCUT2D eigenvalue weighted by Crippen LogP contribution is 2.14. The highest BCUT2D eigenvalue weighted by atomic mass is 32.1. The zero-order chi connectivity index (χ0) is 12.8. The average Bonchev–Trinajstić information content (AvgIpc) is 2.76. The lowest BCUT2D eigenvalue weighted by atomic mass is 10.1. The molecule has 0 fully saturated rings. The standard InChI is InChI=1S/C10H18N4O2S/c1-6(2)7(5-16-4)12-8(15)9-13-14-10(11-3)17-9/h6-7H,5H2,1-4H3,(H,11,14)(H,12,15). The van der Waals surface area contributed by atoms with E-state index >= 15 is 0 Å². The van der Waals surface area contributed by atoms with Crippen LogP contribution in [0.3, 0.4) is 0 Å². The molecule has 0 aromatic carbocycles. The second-order valence-corrected chi connectivity index (χ2v) is 4.92. The van der Waals surface area contributed by atoms with Crippen molar-refractivity contribution in [1.82, 2.24) is 15.5 Å². The van der Waals surface area contributed by atoms with Gasteiger partial charge in [0, 0.05) is 14.2 Å². The molecule has 1 heterocycles. The first-order valence-corrected chi connectivity index (χ1v) is 6.21. The van der Waals surface area contributed by atoms with Gasteiger partial charge in [0.1, 0.15) is 0 Å². The molecular formula is C10H18N4O2S. The molecule has 0 spiro atoms. The molecule has 0 radical (unpaired) electrons. The molecule has 1 rings (SSSR count). The lowest BCUT2D eigenvalue weighted by Crippen LogP contribution is -2.41. The van der Waals surface area contributed by atoms with Gasteiger partial charge in [-0.25, -0.2) is 0 Å². The maximum atomic E-state index is 11.9. The zero-order valence-corrected chi connectivity index (χ0v) is 11.3. The van der Waals surface area contributed by atoms with Crippen LogP contribution in [0.4, 0.5) is 5.13 Å². The molecule has 0 aliphatic carbocycles. The summed E-state index contributed by atoms with van der Waals surface area (Å²) in [5.41, 5.74) is 0. The number of methoxy groups -OCH3 is 1. The van der Waals surface area contributed by atoms with Crippen molar-refractivity contribution in [1.29, 1.82) is 0 Å². The Balaban J connectivity index is 2.63. The summed E-state index contributed by atoms with van der Waals surface area (Å²) in [5, 5.41) is 14.3. The fraction of sp³-hybridized carbons (Fsp3) is 0.700. The van der Waals surface area contributed by atoms with E-state index in [1.54, 1.807) is 14.2 Å². The maximum absolute atomic E-state index is 11.9. The Bertz CT molecular complexity index is 367. The average molecular weight is 258 g/mol. The smallest absolute Gasteiger partial charge is 0.282 e. The third-order valence-corrected chi connectivity index (χ3v) is 3.24. The highest BCUT2D eigenvalue weighted by molar-refractivity contribution is 7.17. The van der Waals surface area contributed by atoms with Crippen molar-refractivity contribution < 1.29 is 9.53 Å². The quantitative estimate of drug-likeness (QED) is 0.795. The molecule has 0 bridgehead atoms. The van der Waals surface area contributed by atoms with Gasteiger partial charge in [0.25, 0.3) is 5.91 Å². The topological polar surface area (TPSA) is 76.1 Å². The molecule has 1 amide bonds. The number of nitrogens with zero attached hydrogens (tertiary/aromatic N) is 2. The Kier molecular flexibility index (Phi) is 5.30. The van der Waals surface area contributed by atoms with E-state index in [2.05, 4.69) is 20.8 Å². The van der Waals surface area contributed by atoms with Crippen molar-refractivity contribution >= 4 is 22.4 Å². The fourth-order valence-corrected chi connectivity index (χ4v) is 1.83. The van der Waals surface area contributed by atoms with E-state index < -0.39 is 0 Å². The van der Waals surface area contributed by atoms with Gasteiger partial charge in [-0.2, -0.15) is 0 Å². The molecule has 1 atom stereocenters. The Morgan fingerprint density at radius 1 is 1.47 bits per heavy atom. The number of carbonyl (C=O) groups excluding carboxylic acids is 1. The van der Waals surface area contributed by atoms with Crippen LogP contribution in [-0.2, 0) is 4.74 Å². The van der Waals surface area contributed by atoms with Crippen LogP contribution < -0.4 is 10.6 Å². The van der Waals surface area contributed by atoms with E-state index in [9.17, 15) is 4.79 Å². The molecule has 0 saturated carbocycles. The molecule has 6 nitrogen and oxygen atoms in total. The minimum Gasteiger partial charge on any atom is -0.383 e. The van der Waals surface area contributed by atoms with Gasteiger partial charge in [-0.15, -0.1) is 10.2 Å². The number of anilines is 1. The van der Waals surface area contributed by atoms with Crippen LogP contribution in [0.25, 0.3) is 0 Å². The first-order valence-electron chi connectivity index (χ1n) is 5.39. The van der Waals surface area contributed by atoms with E-state index in [-0.39, 0.29) is 11.9 Å². The molecule has 0 aliphatic heterocycles. The predicted molar refractivity (Wildman–Crippen MR) is 67.4 cm³/mol. The number of amides is 1. The summed E-state index contributed by atoms with van der Waals surface area (Å²) in [6.07, 6.45) is 0.